The summed E-state index contributed by atoms with van der Waals surface area (Å²) in [5.74, 6) is 0.834. The Labute approximate surface area is 135 Å². The van der Waals surface area contributed by atoms with Crippen LogP contribution in [0, 0.1) is 0 Å². The number of aromatic nitrogens is 1. The number of nitrogens with one attached hydrogen (secondary N) is 1. The van der Waals surface area contributed by atoms with Crippen molar-refractivity contribution in [2.75, 3.05) is 20.2 Å². The van der Waals surface area contributed by atoms with Crippen LogP contribution in [0.3, 0.4) is 0 Å². The summed E-state index contributed by atoms with van der Waals surface area (Å²) in [6, 6.07) is 6.04. The predicted molar refractivity (Wildman–Crippen MR) is 87.7 cm³/mol. The maximum atomic E-state index is 12.4. The van der Waals surface area contributed by atoms with E-state index in [2.05, 4.69) is 9.88 Å². The van der Waals surface area contributed by atoms with Gasteiger partial charge in [0.25, 0.3) is 0 Å². The van der Waals surface area contributed by atoms with E-state index in [1.807, 2.05) is 25.1 Å². The van der Waals surface area contributed by atoms with Gasteiger partial charge >= 0.3 is 0 Å². The van der Waals surface area contributed by atoms with Crippen molar-refractivity contribution in [3.8, 4) is 5.75 Å². The van der Waals surface area contributed by atoms with Gasteiger partial charge in [-0.3, -0.25) is 9.69 Å². The first-order chi connectivity index (χ1) is 11.1. The molecule has 0 bridgehead atoms. The number of carbonyl (C=O) groups is 1. The number of aromatic amines is 1. The van der Waals surface area contributed by atoms with Crippen LogP contribution in [0.25, 0.3) is 10.9 Å². The fourth-order valence-electron chi connectivity index (χ4n) is 4.13. The Hall–Kier alpha value is -1.85. The highest BCUT2D eigenvalue weighted by Gasteiger charge is 2.46. The standard InChI is InChI=1S/C18H22N2O3/c1-3-18(22)10-20-8-7-11-16-12(5-4-6-14(16)23-2)19-17(11)13(20)9-15(18)21/h4-6,13,19,22H,3,7-10H2,1-2H3/t13-,18-/m0/s1. The third-order valence-corrected chi connectivity index (χ3v) is 5.51. The fourth-order valence-corrected chi connectivity index (χ4v) is 4.13. The second-order valence-electron chi connectivity index (χ2n) is 6.65. The monoisotopic (exact) mass is 314 g/mol. The van der Waals surface area contributed by atoms with Gasteiger partial charge in [-0.1, -0.05) is 13.0 Å². The van der Waals surface area contributed by atoms with Crippen molar-refractivity contribution in [1.29, 1.82) is 0 Å². The molecule has 23 heavy (non-hydrogen) atoms. The number of ketones is 1. The van der Waals surface area contributed by atoms with Crippen LogP contribution >= 0.6 is 0 Å². The van der Waals surface area contributed by atoms with E-state index in [1.54, 1.807) is 7.11 Å². The molecule has 1 saturated heterocycles. The zero-order chi connectivity index (χ0) is 16.2. The number of piperidine rings is 1. The number of benzene rings is 1. The highest BCUT2D eigenvalue weighted by atomic mass is 16.5. The summed E-state index contributed by atoms with van der Waals surface area (Å²) < 4.78 is 5.52. The summed E-state index contributed by atoms with van der Waals surface area (Å²) in [6.45, 7) is 3.17. The van der Waals surface area contributed by atoms with Crippen LogP contribution < -0.4 is 4.74 Å². The van der Waals surface area contributed by atoms with Crippen molar-refractivity contribution in [3.05, 3.63) is 29.5 Å². The van der Waals surface area contributed by atoms with Gasteiger partial charge in [-0.2, -0.15) is 0 Å². The van der Waals surface area contributed by atoms with Gasteiger partial charge in [0, 0.05) is 36.1 Å². The third kappa shape index (κ3) is 2.03. The van der Waals surface area contributed by atoms with E-state index in [-0.39, 0.29) is 11.8 Å². The molecule has 0 radical (unpaired) electrons. The minimum absolute atomic E-state index is 0.0372. The molecule has 0 spiro atoms. The van der Waals surface area contributed by atoms with Gasteiger partial charge < -0.3 is 14.8 Å². The van der Waals surface area contributed by atoms with Gasteiger partial charge in [0.2, 0.25) is 0 Å². The van der Waals surface area contributed by atoms with E-state index in [1.165, 1.54) is 5.56 Å². The molecule has 0 aliphatic carbocycles. The predicted octanol–water partition coefficient (Wildman–Crippen LogP) is 2.19. The van der Waals surface area contributed by atoms with Crippen LogP contribution in [0.2, 0.25) is 0 Å². The quantitative estimate of drug-likeness (QED) is 0.892. The Balaban J connectivity index is 1.81. The molecule has 3 heterocycles. The second kappa shape index (κ2) is 5.08. The molecule has 5 heteroatoms. The molecule has 5 nitrogen and oxygen atoms in total. The average molecular weight is 314 g/mol. The first-order valence-corrected chi connectivity index (χ1v) is 8.24. The Kier molecular flexibility index (Phi) is 3.25. The summed E-state index contributed by atoms with van der Waals surface area (Å²) in [4.78, 5) is 18.2. The average Bonchev–Trinajstić information content (AvgIpc) is 2.95. The van der Waals surface area contributed by atoms with E-state index in [4.69, 9.17) is 4.74 Å². The van der Waals surface area contributed by atoms with E-state index in [0.29, 0.717) is 19.4 Å². The van der Waals surface area contributed by atoms with Crippen molar-refractivity contribution < 1.29 is 14.6 Å². The molecule has 2 aliphatic heterocycles. The number of nitrogens with zero attached hydrogens (tertiary/aromatic N) is 1. The normalized spacial score (nSPS) is 27.8. The molecule has 1 aromatic carbocycles. The van der Waals surface area contributed by atoms with Gasteiger partial charge in [0.1, 0.15) is 11.4 Å². The van der Waals surface area contributed by atoms with Crippen LogP contribution in [0.15, 0.2) is 18.2 Å². The first kappa shape index (κ1) is 14.7. The molecule has 2 aliphatic rings. The molecule has 122 valence electrons. The van der Waals surface area contributed by atoms with Gasteiger partial charge in [0.15, 0.2) is 5.78 Å². The molecule has 0 unspecified atom stereocenters. The smallest absolute Gasteiger partial charge is 0.167 e. The van der Waals surface area contributed by atoms with Crippen molar-refractivity contribution in [3.63, 3.8) is 0 Å². The Morgan fingerprint density at radius 3 is 3.04 bits per heavy atom. The van der Waals surface area contributed by atoms with Gasteiger partial charge in [-0.15, -0.1) is 0 Å². The van der Waals surface area contributed by atoms with Crippen molar-refractivity contribution >= 4 is 16.7 Å². The van der Waals surface area contributed by atoms with Crippen molar-refractivity contribution in [2.24, 2.45) is 0 Å². The van der Waals surface area contributed by atoms with E-state index >= 15 is 0 Å². The summed E-state index contributed by atoms with van der Waals surface area (Å²) in [7, 11) is 1.69. The molecule has 0 saturated carbocycles. The topological polar surface area (TPSA) is 65.6 Å². The molecule has 0 amide bonds. The van der Waals surface area contributed by atoms with E-state index in [9.17, 15) is 9.90 Å². The molecule has 4 rings (SSSR count). The minimum Gasteiger partial charge on any atom is -0.496 e. The minimum atomic E-state index is -1.18. The number of hydrogen-bond donors (Lipinski definition) is 2. The van der Waals surface area contributed by atoms with Crippen molar-refractivity contribution in [2.45, 2.75) is 37.8 Å². The summed E-state index contributed by atoms with van der Waals surface area (Å²) in [5.41, 5.74) is 2.24. The SMILES string of the molecule is CC[C@]1(O)CN2CCc3c([nH]c4cccc(OC)c34)[C@@H]2CC1=O. The summed E-state index contributed by atoms with van der Waals surface area (Å²) in [6.07, 6.45) is 1.75. The number of ether oxygens (including phenoxy) is 1. The molecule has 1 aromatic heterocycles. The number of H-pyrrole nitrogens is 1. The number of fused-ring (bicyclic) bond motifs is 5. The number of methoxy groups -OCH3 is 1. The van der Waals surface area contributed by atoms with Crippen molar-refractivity contribution in [1.82, 2.24) is 9.88 Å². The molecule has 2 atom stereocenters. The second-order valence-corrected chi connectivity index (χ2v) is 6.65. The van der Waals surface area contributed by atoms with Crippen LogP contribution in [0.1, 0.15) is 37.1 Å². The maximum absolute atomic E-state index is 12.4. The number of carbonyl (C=O) groups excluding carboxylic acids is 1. The maximum Gasteiger partial charge on any atom is 0.167 e. The zero-order valence-electron chi connectivity index (χ0n) is 13.6. The number of aliphatic hydroxyl groups is 1. The van der Waals surface area contributed by atoms with Crippen LogP contribution in [-0.2, 0) is 11.2 Å². The molecule has 2 aromatic rings. The van der Waals surface area contributed by atoms with Gasteiger partial charge in [-0.05, 0) is 30.5 Å². The fraction of sp³-hybridized carbons (Fsp3) is 0.500. The number of Topliss-reactive ketones (excluding diaryl/α,β-unsaturated/α-hetero) is 1. The molecule has 1 fully saturated rings. The Bertz CT molecular complexity index is 782. The lowest BCUT2D eigenvalue weighted by Gasteiger charge is -2.45. The number of hydrogen-bond acceptors (Lipinski definition) is 4. The van der Waals surface area contributed by atoms with Crippen LogP contribution in [0.5, 0.6) is 5.75 Å². The molecule has 2 N–H and O–H groups in total. The van der Waals surface area contributed by atoms with Gasteiger partial charge in [-0.25, -0.2) is 0 Å². The lowest BCUT2D eigenvalue weighted by atomic mass is 9.81. The summed E-state index contributed by atoms with van der Waals surface area (Å²) in [5, 5.41) is 11.7. The highest BCUT2D eigenvalue weighted by Crippen LogP contribution is 2.43. The largest absolute Gasteiger partial charge is 0.496 e. The number of rotatable bonds is 2. The van der Waals surface area contributed by atoms with E-state index < -0.39 is 5.60 Å². The lowest BCUT2D eigenvalue weighted by molar-refractivity contribution is -0.149. The zero-order valence-corrected chi connectivity index (χ0v) is 13.6. The van der Waals surface area contributed by atoms with E-state index in [0.717, 1.165) is 35.3 Å². The Morgan fingerprint density at radius 2 is 2.30 bits per heavy atom. The van der Waals surface area contributed by atoms with Crippen LogP contribution in [-0.4, -0.2) is 46.6 Å². The Morgan fingerprint density at radius 1 is 1.48 bits per heavy atom. The molecular formula is C18H22N2O3. The highest BCUT2D eigenvalue weighted by molar-refractivity contribution is 5.92. The lowest BCUT2D eigenvalue weighted by Crippen LogP contribution is -2.56. The van der Waals surface area contributed by atoms with Gasteiger partial charge in [0.05, 0.1) is 13.2 Å². The summed E-state index contributed by atoms with van der Waals surface area (Å²) >= 11 is 0. The third-order valence-electron chi connectivity index (χ3n) is 5.51. The molecular weight excluding hydrogens is 292 g/mol. The first-order valence-electron chi connectivity index (χ1n) is 8.24. The van der Waals surface area contributed by atoms with Crippen LogP contribution in [0.4, 0.5) is 0 Å².